The van der Waals surface area contributed by atoms with E-state index in [0.717, 1.165) is 0 Å². The van der Waals surface area contributed by atoms with Crippen molar-refractivity contribution in [3.05, 3.63) is 24.8 Å². The average Bonchev–Trinajstić information content (AvgIpc) is 2.61. The van der Waals surface area contributed by atoms with Crippen LogP contribution in [0.2, 0.25) is 0 Å². The van der Waals surface area contributed by atoms with E-state index in [9.17, 15) is 8.42 Å². The zero-order chi connectivity index (χ0) is 10.2. The summed E-state index contributed by atoms with van der Waals surface area (Å²) in [4.78, 5) is 7.75. The van der Waals surface area contributed by atoms with Crippen LogP contribution in [-0.4, -0.2) is 28.5 Å². The Morgan fingerprint density at radius 2 is 2.21 bits per heavy atom. The molecule has 2 aromatic rings. The van der Waals surface area contributed by atoms with Crippen molar-refractivity contribution in [2.45, 2.75) is 12.1 Å². The fourth-order valence-corrected chi connectivity index (χ4v) is 2.12. The molecule has 0 spiro atoms. The molecule has 2 rings (SSSR count). The molecule has 2 heterocycles. The van der Waals surface area contributed by atoms with Crippen LogP contribution in [0.25, 0.3) is 5.52 Å². The molecule has 0 bridgehead atoms. The summed E-state index contributed by atoms with van der Waals surface area (Å²) >= 11 is 0. The number of fused-ring (bicyclic) bond motifs is 1. The van der Waals surface area contributed by atoms with Gasteiger partial charge >= 0.3 is 0 Å². The predicted molar refractivity (Wildman–Crippen MR) is 50.7 cm³/mol. The van der Waals surface area contributed by atoms with Crippen LogP contribution in [0.4, 0.5) is 0 Å². The lowest BCUT2D eigenvalue weighted by Crippen LogP contribution is -2.08. The second-order valence-electron chi connectivity index (χ2n) is 2.82. The van der Waals surface area contributed by atoms with Gasteiger partial charge in [0.2, 0.25) is 15.0 Å². The molecule has 6 heteroatoms. The number of hydrogen-bond acceptors (Lipinski definition) is 4. The first-order chi connectivity index (χ1) is 6.65. The standard InChI is InChI=1S/C8H9N3O2S/c1-2-14(12,13)8-10-6-7-5-9-3-4-11(7)8/h3-6H,2H2,1H3. The van der Waals surface area contributed by atoms with Gasteiger partial charge in [-0.3, -0.25) is 9.38 Å². The molecule has 0 aliphatic heterocycles. The molecule has 0 saturated heterocycles. The highest BCUT2D eigenvalue weighted by atomic mass is 32.2. The third kappa shape index (κ3) is 1.27. The largest absolute Gasteiger partial charge is 0.288 e. The number of hydrogen-bond donors (Lipinski definition) is 0. The average molecular weight is 211 g/mol. The van der Waals surface area contributed by atoms with Gasteiger partial charge in [0, 0.05) is 12.4 Å². The molecule has 5 nitrogen and oxygen atoms in total. The van der Waals surface area contributed by atoms with Crippen molar-refractivity contribution in [2.75, 3.05) is 5.75 Å². The maximum atomic E-state index is 11.6. The first-order valence-corrected chi connectivity index (χ1v) is 5.80. The minimum atomic E-state index is -3.26. The smallest absolute Gasteiger partial charge is 0.232 e. The summed E-state index contributed by atoms with van der Waals surface area (Å²) in [6.07, 6.45) is 6.19. The van der Waals surface area contributed by atoms with Crippen LogP contribution in [-0.2, 0) is 9.84 Å². The van der Waals surface area contributed by atoms with Gasteiger partial charge in [-0.1, -0.05) is 6.92 Å². The Kier molecular flexibility index (Phi) is 1.99. The first kappa shape index (κ1) is 9.14. The van der Waals surface area contributed by atoms with Crippen LogP contribution in [0.15, 0.2) is 29.9 Å². The molecule has 0 aromatic carbocycles. The quantitative estimate of drug-likeness (QED) is 0.726. The Morgan fingerprint density at radius 3 is 2.93 bits per heavy atom. The van der Waals surface area contributed by atoms with Crippen molar-refractivity contribution in [3.63, 3.8) is 0 Å². The third-order valence-corrected chi connectivity index (χ3v) is 3.58. The van der Waals surface area contributed by atoms with E-state index in [-0.39, 0.29) is 10.9 Å². The Hall–Kier alpha value is -1.43. The summed E-state index contributed by atoms with van der Waals surface area (Å²) in [5, 5.41) is 0.0809. The van der Waals surface area contributed by atoms with Gasteiger partial charge < -0.3 is 0 Å². The molecule has 0 fully saturated rings. The number of aromatic nitrogens is 3. The van der Waals surface area contributed by atoms with Crippen molar-refractivity contribution in [1.29, 1.82) is 0 Å². The minimum absolute atomic E-state index is 0.0500. The Balaban J connectivity index is 2.77. The molecule has 0 amide bonds. The highest BCUT2D eigenvalue weighted by Gasteiger charge is 2.17. The van der Waals surface area contributed by atoms with Crippen LogP contribution in [0.1, 0.15) is 6.92 Å². The lowest BCUT2D eigenvalue weighted by molar-refractivity contribution is 0.587. The van der Waals surface area contributed by atoms with Gasteiger partial charge in [0.25, 0.3) is 0 Å². The van der Waals surface area contributed by atoms with Crippen LogP contribution >= 0.6 is 0 Å². The number of sulfone groups is 1. The summed E-state index contributed by atoms with van der Waals surface area (Å²) in [5.74, 6) is 0.0500. The fourth-order valence-electron chi connectivity index (χ4n) is 1.19. The first-order valence-electron chi connectivity index (χ1n) is 4.15. The van der Waals surface area contributed by atoms with Gasteiger partial charge in [-0.05, 0) is 0 Å². The molecular formula is C8H9N3O2S. The zero-order valence-corrected chi connectivity index (χ0v) is 8.40. The maximum Gasteiger partial charge on any atom is 0.232 e. The lowest BCUT2D eigenvalue weighted by atomic mass is 10.6. The molecule has 0 saturated carbocycles. The summed E-state index contributed by atoms with van der Waals surface area (Å²) < 4.78 is 24.7. The Labute approximate surface area is 81.3 Å². The van der Waals surface area contributed by atoms with Crippen molar-refractivity contribution >= 4 is 15.4 Å². The summed E-state index contributed by atoms with van der Waals surface area (Å²) in [6, 6.07) is 0. The van der Waals surface area contributed by atoms with Gasteiger partial charge in [-0.15, -0.1) is 0 Å². The van der Waals surface area contributed by atoms with Crippen LogP contribution in [0, 0.1) is 0 Å². The molecular weight excluding hydrogens is 202 g/mol. The van der Waals surface area contributed by atoms with Gasteiger partial charge in [-0.25, -0.2) is 13.4 Å². The molecule has 0 unspecified atom stereocenters. The molecule has 14 heavy (non-hydrogen) atoms. The van der Waals surface area contributed by atoms with E-state index in [1.165, 1.54) is 16.8 Å². The molecule has 0 N–H and O–H groups in total. The zero-order valence-electron chi connectivity index (χ0n) is 7.58. The highest BCUT2D eigenvalue weighted by molar-refractivity contribution is 7.91. The van der Waals surface area contributed by atoms with E-state index >= 15 is 0 Å². The maximum absolute atomic E-state index is 11.6. The van der Waals surface area contributed by atoms with Gasteiger partial charge in [-0.2, -0.15) is 0 Å². The summed E-state index contributed by atoms with van der Waals surface area (Å²) in [6.45, 7) is 1.59. The number of imidazole rings is 1. The monoisotopic (exact) mass is 211 g/mol. The van der Waals surface area contributed by atoms with Crippen molar-refractivity contribution < 1.29 is 8.42 Å². The topological polar surface area (TPSA) is 64.3 Å². The second-order valence-corrected chi connectivity index (χ2v) is 4.99. The molecule has 0 aliphatic carbocycles. The van der Waals surface area contributed by atoms with E-state index in [1.54, 1.807) is 19.3 Å². The molecule has 2 aromatic heterocycles. The molecule has 0 radical (unpaired) electrons. The molecule has 74 valence electrons. The lowest BCUT2D eigenvalue weighted by Gasteiger charge is -1.99. The van der Waals surface area contributed by atoms with E-state index in [0.29, 0.717) is 5.52 Å². The Morgan fingerprint density at radius 1 is 1.43 bits per heavy atom. The van der Waals surface area contributed by atoms with E-state index in [2.05, 4.69) is 9.97 Å². The number of rotatable bonds is 2. The molecule has 0 aliphatic rings. The highest BCUT2D eigenvalue weighted by Crippen LogP contribution is 2.11. The number of nitrogens with zero attached hydrogens (tertiary/aromatic N) is 3. The van der Waals surface area contributed by atoms with Crippen LogP contribution in [0.5, 0.6) is 0 Å². The molecule has 0 atom stereocenters. The van der Waals surface area contributed by atoms with Crippen LogP contribution < -0.4 is 0 Å². The third-order valence-electron chi connectivity index (χ3n) is 1.96. The van der Waals surface area contributed by atoms with E-state index < -0.39 is 9.84 Å². The SMILES string of the molecule is CCS(=O)(=O)c1ncc2cnccn12. The van der Waals surface area contributed by atoms with Crippen molar-refractivity contribution in [3.8, 4) is 0 Å². The minimum Gasteiger partial charge on any atom is -0.288 e. The van der Waals surface area contributed by atoms with Gasteiger partial charge in [0.05, 0.1) is 23.7 Å². The van der Waals surface area contributed by atoms with Crippen molar-refractivity contribution in [2.24, 2.45) is 0 Å². The second kappa shape index (κ2) is 3.06. The van der Waals surface area contributed by atoms with E-state index in [1.807, 2.05) is 0 Å². The fraction of sp³-hybridized carbons (Fsp3) is 0.250. The van der Waals surface area contributed by atoms with Crippen LogP contribution in [0.3, 0.4) is 0 Å². The van der Waals surface area contributed by atoms with Crippen molar-refractivity contribution in [1.82, 2.24) is 14.4 Å². The van der Waals surface area contributed by atoms with E-state index in [4.69, 9.17) is 0 Å². The summed E-state index contributed by atoms with van der Waals surface area (Å²) in [7, 11) is -3.26. The van der Waals surface area contributed by atoms with Gasteiger partial charge in [0.1, 0.15) is 0 Å². The summed E-state index contributed by atoms with van der Waals surface area (Å²) in [5.41, 5.74) is 0.680. The Bertz CT molecular complexity index is 559. The van der Waals surface area contributed by atoms with Gasteiger partial charge in [0.15, 0.2) is 0 Å². The normalized spacial score (nSPS) is 12.1. The predicted octanol–water partition coefficient (Wildman–Crippen LogP) is 0.523.